The number of anilines is 1. The second-order valence-electron chi connectivity index (χ2n) is 4.22. The van der Waals surface area contributed by atoms with Gasteiger partial charge in [-0.3, -0.25) is 4.79 Å². The van der Waals surface area contributed by atoms with Crippen LogP contribution in [0.3, 0.4) is 0 Å². The third kappa shape index (κ3) is 2.17. The first kappa shape index (κ1) is 11.0. The lowest BCUT2D eigenvalue weighted by molar-refractivity contribution is 0.0965. The van der Waals surface area contributed by atoms with E-state index < -0.39 is 0 Å². The van der Waals surface area contributed by atoms with Crippen LogP contribution < -0.4 is 11.1 Å². The van der Waals surface area contributed by atoms with E-state index in [-0.39, 0.29) is 17.2 Å². The average molecular weight is 220 g/mol. The highest BCUT2D eigenvalue weighted by molar-refractivity contribution is 6.01. The van der Waals surface area contributed by atoms with Gasteiger partial charge in [0.05, 0.1) is 5.69 Å². The van der Waals surface area contributed by atoms with E-state index in [1.165, 1.54) is 6.07 Å². The van der Waals surface area contributed by atoms with Crippen molar-refractivity contribution >= 4 is 11.5 Å². The Morgan fingerprint density at radius 1 is 1.56 bits per heavy atom. The zero-order chi connectivity index (χ0) is 11.5. The number of phenols is 1. The molecule has 0 amide bonds. The summed E-state index contributed by atoms with van der Waals surface area (Å²) in [6.45, 7) is 1.87. The van der Waals surface area contributed by atoms with Crippen LogP contribution in [0.25, 0.3) is 0 Å². The smallest absolute Gasteiger partial charge is 0.165 e. The number of nitrogen functional groups attached to an aromatic ring is 1. The molecule has 0 saturated carbocycles. The van der Waals surface area contributed by atoms with Gasteiger partial charge in [0, 0.05) is 12.0 Å². The molecule has 1 atom stereocenters. The van der Waals surface area contributed by atoms with E-state index in [1.54, 1.807) is 12.1 Å². The minimum absolute atomic E-state index is 0.0158. The van der Waals surface area contributed by atoms with Gasteiger partial charge < -0.3 is 16.2 Å². The Hall–Kier alpha value is -1.55. The summed E-state index contributed by atoms with van der Waals surface area (Å²) in [6.07, 6.45) is 1.53. The van der Waals surface area contributed by atoms with Gasteiger partial charge in [-0.15, -0.1) is 0 Å². The molecule has 1 fully saturated rings. The minimum atomic E-state index is -0.0182. The number of nitrogens with one attached hydrogen (secondary N) is 1. The summed E-state index contributed by atoms with van der Waals surface area (Å²) in [7, 11) is 0. The van der Waals surface area contributed by atoms with E-state index in [1.807, 2.05) is 0 Å². The number of hydrogen-bond donors (Lipinski definition) is 3. The van der Waals surface area contributed by atoms with Crippen molar-refractivity contribution in [1.29, 1.82) is 0 Å². The zero-order valence-electron chi connectivity index (χ0n) is 9.07. The first-order chi connectivity index (χ1) is 7.68. The van der Waals surface area contributed by atoms with Crippen molar-refractivity contribution in [2.24, 2.45) is 5.92 Å². The van der Waals surface area contributed by atoms with Crippen LogP contribution in [0, 0.1) is 5.92 Å². The van der Waals surface area contributed by atoms with Gasteiger partial charge in [-0.05, 0) is 37.6 Å². The number of Topliss-reactive ketones (excluding diaryl/α,β-unsaturated/α-hetero) is 1. The van der Waals surface area contributed by atoms with Crippen LogP contribution in [0.15, 0.2) is 18.2 Å². The molecule has 0 aromatic heterocycles. The number of rotatable bonds is 3. The summed E-state index contributed by atoms with van der Waals surface area (Å²) < 4.78 is 0. The fourth-order valence-corrected chi connectivity index (χ4v) is 2.06. The van der Waals surface area contributed by atoms with Crippen LogP contribution in [-0.2, 0) is 0 Å². The highest BCUT2D eigenvalue weighted by atomic mass is 16.3. The van der Waals surface area contributed by atoms with Crippen LogP contribution in [0.1, 0.15) is 23.2 Å². The molecule has 86 valence electrons. The predicted molar refractivity (Wildman–Crippen MR) is 62.4 cm³/mol. The van der Waals surface area contributed by atoms with E-state index in [0.717, 1.165) is 19.5 Å². The standard InChI is InChI=1S/C12H16N2O2/c13-12-9(2-1-3-10(12)15)11(16)6-8-4-5-14-7-8/h1-3,8,14-15H,4-7,13H2. The monoisotopic (exact) mass is 220 g/mol. The quantitative estimate of drug-likeness (QED) is 0.406. The summed E-state index contributed by atoms with van der Waals surface area (Å²) >= 11 is 0. The van der Waals surface area contributed by atoms with E-state index >= 15 is 0 Å². The second kappa shape index (κ2) is 4.53. The number of ketones is 1. The topological polar surface area (TPSA) is 75.3 Å². The molecule has 0 radical (unpaired) electrons. The summed E-state index contributed by atoms with van der Waals surface area (Å²) in [4.78, 5) is 12.0. The highest BCUT2D eigenvalue weighted by Gasteiger charge is 2.20. The van der Waals surface area contributed by atoms with Crippen LogP contribution in [0.2, 0.25) is 0 Å². The summed E-state index contributed by atoms with van der Waals surface area (Å²) in [5, 5.41) is 12.6. The molecule has 1 heterocycles. The summed E-state index contributed by atoms with van der Waals surface area (Å²) in [6, 6.07) is 4.80. The van der Waals surface area contributed by atoms with E-state index in [0.29, 0.717) is 17.9 Å². The molecular weight excluding hydrogens is 204 g/mol. The maximum absolute atomic E-state index is 12.0. The molecule has 16 heavy (non-hydrogen) atoms. The van der Waals surface area contributed by atoms with Crippen molar-refractivity contribution in [1.82, 2.24) is 5.32 Å². The van der Waals surface area contributed by atoms with Crippen molar-refractivity contribution in [2.45, 2.75) is 12.8 Å². The van der Waals surface area contributed by atoms with Gasteiger partial charge in [-0.2, -0.15) is 0 Å². The lowest BCUT2D eigenvalue weighted by Gasteiger charge is -2.09. The molecule has 4 heteroatoms. The first-order valence-corrected chi connectivity index (χ1v) is 5.50. The Balaban J connectivity index is 2.11. The number of nitrogens with two attached hydrogens (primary N) is 1. The van der Waals surface area contributed by atoms with Gasteiger partial charge in [-0.1, -0.05) is 6.07 Å². The molecule has 4 N–H and O–H groups in total. The Kier molecular flexibility index (Phi) is 3.10. The first-order valence-electron chi connectivity index (χ1n) is 5.50. The maximum atomic E-state index is 12.0. The van der Waals surface area contributed by atoms with Crippen molar-refractivity contribution in [3.8, 4) is 5.75 Å². The molecule has 2 rings (SSSR count). The summed E-state index contributed by atoms with van der Waals surface area (Å²) in [5.41, 5.74) is 6.30. The summed E-state index contributed by atoms with van der Waals surface area (Å²) in [5.74, 6) is 0.395. The number of benzene rings is 1. The number of phenolic OH excluding ortho intramolecular Hbond substituents is 1. The van der Waals surface area contributed by atoms with Crippen LogP contribution in [0.4, 0.5) is 5.69 Å². The van der Waals surface area contributed by atoms with E-state index in [9.17, 15) is 9.90 Å². The number of carbonyl (C=O) groups is 1. The molecule has 0 spiro atoms. The van der Waals surface area contributed by atoms with Gasteiger partial charge in [0.15, 0.2) is 5.78 Å². The molecular formula is C12H16N2O2. The molecule has 1 aliphatic rings. The molecule has 1 unspecified atom stereocenters. The van der Waals surface area contributed by atoms with E-state index in [4.69, 9.17) is 5.73 Å². The molecule has 1 aromatic carbocycles. The lowest BCUT2D eigenvalue weighted by Crippen LogP contribution is -2.13. The number of hydrogen-bond acceptors (Lipinski definition) is 4. The lowest BCUT2D eigenvalue weighted by atomic mass is 9.96. The number of aromatic hydroxyl groups is 1. The van der Waals surface area contributed by atoms with Gasteiger partial charge in [0.25, 0.3) is 0 Å². The third-order valence-electron chi connectivity index (χ3n) is 3.02. The average Bonchev–Trinajstić information content (AvgIpc) is 2.74. The van der Waals surface area contributed by atoms with Gasteiger partial charge in [0.2, 0.25) is 0 Å². The molecule has 0 aliphatic carbocycles. The Morgan fingerprint density at radius 2 is 2.38 bits per heavy atom. The van der Waals surface area contributed by atoms with Crippen LogP contribution >= 0.6 is 0 Å². The van der Waals surface area contributed by atoms with Crippen molar-refractivity contribution in [2.75, 3.05) is 18.8 Å². The Bertz CT molecular complexity index is 398. The van der Waals surface area contributed by atoms with Crippen LogP contribution in [-0.4, -0.2) is 24.0 Å². The van der Waals surface area contributed by atoms with E-state index in [2.05, 4.69) is 5.32 Å². The third-order valence-corrected chi connectivity index (χ3v) is 3.02. The van der Waals surface area contributed by atoms with Gasteiger partial charge in [-0.25, -0.2) is 0 Å². The molecule has 1 aliphatic heterocycles. The fraction of sp³-hybridized carbons (Fsp3) is 0.417. The largest absolute Gasteiger partial charge is 0.506 e. The Morgan fingerprint density at radius 3 is 3.06 bits per heavy atom. The molecule has 1 aromatic rings. The van der Waals surface area contributed by atoms with Gasteiger partial charge in [0.1, 0.15) is 5.75 Å². The van der Waals surface area contributed by atoms with Crippen molar-refractivity contribution in [3.63, 3.8) is 0 Å². The predicted octanol–water partition coefficient (Wildman–Crippen LogP) is 1.16. The molecule has 4 nitrogen and oxygen atoms in total. The second-order valence-corrected chi connectivity index (χ2v) is 4.22. The van der Waals surface area contributed by atoms with Crippen LogP contribution in [0.5, 0.6) is 5.75 Å². The normalized spacial score (nSPS) is 19.9. The fourth-order valence-electron chi connectivity index (χ4n) is 2.06. The SMILES string of the molecule is Nc1c(O)cccc1C(=O)CC1CCNC1. The maximum Gasteiger partial charge on any atom is 0.165 e. The number of carbonyl (C=O) groups excluding carboxylic acids is 1. The number of para-hydroxylation sites is 1. The Labute approximate surface area is 94.5 Å². The minimum Gasteiger partial charge on any atom is -0.506 e. The molecule has 1 saturated heterocycles. The molecule has 0 bridgehead atoms. The highest BCUT2D eigenvalue weighted by Crippen LogP contribution is 2.26. The van der Waals surface area contributed by atoms with Gasteiger partial charge >= 0.3 is 0 Å². The van der Waals surface area contributed by atoms with Crippen molar-refractivity contribution < 1.29 is 9.90 Å². The zero-order valence-corrected chi connectivity index (χ0v) is 9.07. The van der Waals surface area contributed by atoms with Crippen molar-refractivity contribution in [3.05, 3.63) is 23.8 Å².